The molecule has 0 fully saturated rings. The Morgan fingerprint density at radius 2 is 0.327 bits per heavy atom. The van der Waals surface area contributed by atoms with Crippen LogP contribution < -0.4 is 14.7 Å². The van der Waals surface area contributed by atoms with Crippen molar-refractivity contribution >= 4 is 83.5 Å². The van der Waals surface area contributed by atoms with E-state index < -0.39 is 0 Å². The molecule has 0 aromatic heterocycles. The second kappa shape index (κ2) is 38.9. The molecule has 23 aromatic carbocycles. The van der Waals surface area contributed by atoms with Crippen molar-refractivity contribution < 1.29 is 0 Å². The van der Waals surface area contributed by atoms with E-state index in [4.69, 9.17) is 0 Å². The standard InChI is InChI=1S/2C51H41N.C45H37N/c1-34-31-39(45-23-14-18-37-17-8-9-19-43(37)45)32-35(2)50(34)52(41-29-30-47-46-22-12-13-24-48(46)51(3,4)49(47)33-41)40-27-25-38(26-28-40)44-21-11-10-20-42(44)36-15-6-5-7-16-36;1-34-31-41(45-19-12-16-40-15-8-9-17-44(40)45)32-35(2)50(34)52(43-29-30-47-46-18-10-11-20-48(46)51(3,4)49(47)33-43)42-27-25-39(26-28-42)38-23-21-37(22-24-38)36-13-6-5-7-14-36;1-30-27-35(39-19-12-16-34-15-8-9-17-38(34)39)28-31(2)44(30)46(36-23-21-33(22-24-36)32-13-6-5-7-14-32)37-25-26-41-40-18-10-11-20-42(40)45(3,4)43(41)29-37/h2*5-33H,1-4H3;5-29H,1-4H3. The van der Waals surface area contributed by atoms with E-state index in [9.17, 15) is 0 Å². The number of hydrogen-bond acceptors (Lipinski definition) is 3. The van der Waals surface area contributed by atoms with Crippen molar-refractivity contribution in [2.45, 2.75) is 99.3 Å². The molecule has 150 heavy (non-hydrogen) atoms. The lowest BCUT2D eigenvalue weighted by Gasteiger charge is -2.31. The van der Waals surface area contributed by atoms with Crippen molar-refractivity contribution in [1.29, 1.82) is 0 Å². The lowest BCUT2D eigenvalue weighted by Crippen LogP contribution is -2.17. The summed E-state index contributed by atoms with van der Waals surface area (Å²) >= 11 is 0. The highest BCUT2D eigenvalue weighted by Gasteiger charge is 2.40. The fourth-order valence-corrected chi connectivity index (χ4v) is 24.7. The Balaban J connectivity index is 0.000000120. The molecule has 0 amide bonds. The van der Waals surface area contributed by atoms with Crippen molar-refractivity contribution in [3.05, 3.63) is 570 Å². The number of aryl methyl sites for hydroxylation is 6. The fourth-order valence-electron chi connectivity index (χ4n) is 24.7. The average Bonchev–Trinajstić information content (AvgIpc) is 1.58. The van der Waals surface area contributed by atoms with Gasteiger partial charge in [0, 0.05) is 50.4 Å². The van der Waals surface area contributed by atoms with Gasteiger partial charge in [0.05, 0.1) is 17.1 Å². The van der Waals surface area contributed by atoms with Crippen molar-refractivity contribution in [1.82, 2.24) is 0 Å². The molecule has 23 aromatic rings. The van der Waals surface area contributed by atoms with Gasteiger partial charge in [-0.1, -0.05) is 436 Å². The van der Waals surface area contributed by atoms with Crippen LogP contribution in [-0.4, -0.2) is 0 Å². The number of anilines is 9. The fraction of sp³-hybridized carbons (Fsp3) is 0.102. The SMILES string of the molecule is Cc1cc(-c2cccc3ccccc23)cc(C)c1N(c1ccc(-c2ccc(-c3ccccc3)cc2)cc1)c1ccc2c(c1)C(C)(C)c1ccccc1-2.Cc1cc(-c2cccc3ccccc23)cc(C)c1N(c1ccc(-c2ccccc2)cc1)c1ccc2c(c1)C(C)(C)c1ccccc1-2.Cc1cc(-c2cccc3ccccc23)cc(C)c1N(c1ccc(-c2ccccc2-c2ccccc2)cc1)c1ccc2c(c1)C(C)(C)c1ccccc1-2. The highest BCUT2D eigenvalue weighted by molar-refractivity contribution is 6.03. The van der Waals surface area contributed by atoms with Gasteiger partial charge in [-0.15, -0.1) is 0 Å². The first kappa shape index (κ1) is 94.5. The predicted molar refractivity (Wildman–Crippen MR) is 640 cm³/mol. The first-order chi connectivity index (χ1) is 73.1. The molecule has 0 aliphatic heterocycles. The Kier molecular flexibility index (Phi) is 24.5. The van der Waals surface area contributed by atoms with Gasteiger partial charge in [-0.2, -0.15) is 0 Å². The minimum absolute atomic E-state index is 0.0763. The molecule has 0 atom stereocenters. The number of nitrogens with zero attached hydrogens (tertiary/aromatic N) is 3. The van der Waals surface area contributed by atoms with Gasteiger partial charge in [-0.3, -0.25) is 0 Å². The van der Waals surface area contributed by atoms with Crippen molar-refractivity contribution in [2.75, 3.05) is 14.7 Å². The maximum atomic E-state index is 2.48. The van der Waals surface area contributed by atoms with Gasteiger partial charge >= 0.3 is 0 Å². The Bertz CT molecular complexity index is 9040. The molecule has 3 nitrogen and oxygen atoms in total. The van der Waals surface area contributed by atoms with Crippen LogP contribution in [0.25, 0.3) is 155 Å². The monoisotopic (exact) mass is 1930 g/mol. The Hall–Kier alpha value is -17.8. The lowest BCUT2D eigenvalue weighted by molar-refractivity contribution is 0.660. The molecule has 0 N–H and O–H groups in total. The van der Waals surface area contributed by atoms with E-state index in [1.807, 2.05) is 0 Å². The smallest absolute Gasteiger partial charge is 0.0520 e. The lowest BCUT2D eigenvalue weighted by atomic mass is 9.82. The van der Waals surface area contributed by atoms with Gasteiger partial charge < -0.3 is 14.7 Å². The van der Waals surface area contributed by atoms with E-state index in [2.05, 4.69) is 601 Å². The number of rotatable bonds is 17. The minimum Gasteiger partial charge on any atom is -0.310 e. The van der Waals surface area contributed by atoms with Crippen LogP contribution in [0.15, 0.2) is 504 Å². The largest absolute Gasteiger partial charge is 0.310 e. The molecule has 0 heterocycles. The summed E-state index contributed by atoms with van der Waals surface area (Å²) in [6, 6.07) is 185. The molecule has 0 saturated carbocycles. The minimum atomic E-state index is -0.0963. The van der Waals surface area contributed by atoms with Crippen molar-refractivity contribution in [3.63, 3.8) is 0 Å². The summed E-state index contributed by atoms with van der Waals surface area (Å²) in [5.74, 6) is 0. The predicted octanol–water partition coefficient (Wildman–Crippen LogP) is 41.0. The average molecular weight is 1930 g/mol. The number of benzene rings is 23. The number of hydrogen-bond donors (Lipinski definition) is 0. The Morgan fingerprint density at radius 3 is 0.613 bits per heavy atom. The zero-order valence-electron chi connectivity index (χ0n) is 87.3. The van der Waals surface area contributed by atoms with E-state index in [0.29, 0.717) is 0 Å². The molecule has 0 saturated heterocycles. The van der Waals surface area contributed by atoms with Gasteiger partial charge in [0.15, 0.2) is 0 Å². The van der Waals surface area contributed by atoms with Crippen LogP contribution in [0.2, 0.25) is 0 Å². The molecule has 3 heteroatoms. The summed E-state index contributed by atoms with van der Waals surface area (Å²) in [4.78, 5) is 7.41. The van der Waals surface area contributed by atoms with Gasteiger partial charge in [-0.05, 0) is 372 Å². The first-order valence-electron chi connectivity index (χ1n) is 52.7. The van der Waals surface area contributed by atoms with Crippen LogP contribution in [0, 0.1) is 41.5 Å². The summed E-state index contributed by atoms with van der Waals surface area (Å²) in [5, 5.41) is 7.63. The third-order valence-electron chi connectivity index (χ3n) is 32.1. The van der Waals surface area contributed by atoms with Crippen LogP contribution in [-0.2, 0) is 16.2 Å². The van der Waals surface area contributed by atoms with E-state index in [1.165, 1.54) is 256 Å². The molecular formula is C147H119N3. The molecule has 26 rings (SSSR count). The van der Waals surface area contributed by atoms with E-state index in [0.717, 1.165) is 17.1 Å². The van der Waals surface area contributed by atoms with Crippen LogP contribution in [0.3, 0.4) is 0 Å². The quantitative estimate of drug-likeness (QED) is 0.0900. The molecular weight excluding hydrogens is 1810 g/mol. The third kappa shape index (κ3) is 17.1. The van der Waals surface area contributed by atoms with Crippen LogP contribution in [0.5, 0.6) is 0 Å². The van der Waals surface area contributed by atoms with Gasteiger partial charge in [0.25, 0.3) is 0 Å². The second-order valence-corrected chi connectivity index (χ2v) is 42.5. The van der Waals surface area contributed by atoms with Gasteiger partial charge in [0.2, 0.25) is 0 Å². The molecule has 0 unspecified atom stereocenters. The maximum absolute atomic E-state index is 2.48. The normalized spacial score (nSPS) is 12.8. The molecule has 0 bridgehead atoms. The third-order valence-corrected chi connectivity index (χ3v) is 32.1. The van der Waals surface area contributed by atoms with Crippen molar-refractivity contribution in [2.24, 2.45) is 0 Å². The number of fused-ring (bicyclic) bond motifs is 12. The Morgan fingerprint density at radius 1 is 0.133 bits per heavy atom. The summed E-state index contributed by atoms with van der Waals surface area (Å²) in [5.41, 5.74) is 53.9. The van der Waals surface area contributed by atoms with Gasteiger partial charge in [-0.25, -0.2) is 0 Å². The zero-order chi connectivity index (χ0) is 102. The summed E-state index contributed by atoms with van der Waals surface area (Å²) in [7, 11) is 0. The summed E-state index contributed by atoms with van der Waals surface area (Å²) < 4.78 is 0. The van der Waals surface area contributed by atoms with Gasteiger partial charge in [0.1, 0.15) is 0 Å². The van der Waals surface area contributed by atoms with Crippen LogP contribution >= 0.6 is 0 Å². The molecule has 3 aliphatic rings. The molecule has 0 spiro atoms. The zero-order valence-corrected chi connectivity index (χ0v) is 87.3. The van der Waals surface area contributed by atoms with Crippen LogP contribution in [0.1, 0.15) is 108 Å². The highest BCUT2D eigenvalue weighted by atomic mass is 15.2. The molecule has 3 aliphatic carbocycles. The van der Waals surface area contributed by atoms with E-state index >= 15 is 0 Å². The summed E-state index contributed by atoms with van der Waals surface area (Å²) in [6.45, 7) is 27.7. The Labute approximate surface area is 883 Å². The molecule has 0 radical (unpaired) electrons. The van der Waals surface area contributed by atoms with Crippen LogP contribution in [0.4, 0.5) is 51.2 Å². The maximum Gasteiger partial charge on any atom is 0.0520 e. The second-order valence-electron chi connectivity index (χ2n) is 42.5. The molecule has 722 valence electrons. The van der Waals surface area contributed by atoms with E-state index in [-0.39, 0.29) is 16.2 Å². The topological polar surface area (TPSA) is 9.72 Å². The first-order valence-corrected chi connectivity index (χ1v) is 52.7. The summed E-state index contributed by atoms with van der Waals surface area (Å²) in [6.07, 6.45) is 0. The van der Waals surface area contributed by atoms with Crippen molar-refractivity contribution in [3.8, 4) is 122 Å². The highest BCUT2D eigenvalue weighted by Crippen LogP contribution is 2.57. The van der Waals surface area contributed by atoms with E-state index in [1.54, 1.807) is 0 Å².